The molecule has 0 saturated heterocycles. The van der Waals surface area contributed by atoms with E-state index >= 15 is 0 Å². The summed E-state index contributed by atoms with van der Waals surface area (Å²) in [5.41, 5.74) is 7.09. The minimum atomic E-state index is 0.690. The Kier molecular flexibility index (Phi) is 2.76. The van der Waals surface area contributed by atoms with Gasteiger partial charge in [0.2, 0.25) is 0 Å². The van der Waals surface area contributed by atoms with Gasteiger partial charge < -0.3 is 4.57 Å². The van der Waals surface area contributed by atoms with E-state index in [4.69, 9.17) is 5.10 Å². The van der Waals surface area contributed by atoms with Crippen LogP contribution in [0.5, 0.6) is 0 Å². The van der Waals surface area contributed by atoms with Crippen LogP contribution in [0.25, 0.3) is 0 Å². The molecular weight excluding hydrogens is 274 g/mol. The molecule has 0 bridgehead atoms. The number of rotatable bonds is 1. The van der Waals surface area contributed by atoms with Crippen LogP contribution in [0, 0.1) is 20.8 Å². The fraction of sp³-hybridized carbons (Fsp3) is 0.235. The van der Waals surface area contributed by atoms with Crippen LogP contribution in [0.1, 0.15) is 33.9 Å². The number of hydrogen-bond acceptors (Lipinski definition) is 3. The van der Waals surface area contributed by atoms with Gasteiger partial charge in [0, 0.05) is 11.3 Å². The highest BCUT2D eigenvalue weighted by molar-refractivity contribution is 6.13. The second-order valence-electron chi connectivity index (χ2n) is 5.68. The van der Waals surface area contributed by atoms with Crippen LogP contribution >= 0.6 is 0 Å². The molecule has 110 valence electrons. The lowest BCUT2D eigenvalue weighted by Gasteiger charge is -2.10. The zero-order chi connectivity index (χ0) is 15.3. The zero-order valence-electron chi connectivity index (χ0n) is 12.9. The molecule has 1 aliphatic rings. The van der Waals surface area contributed by atoms with E-state index in [-0.39, 0.29) is 0 Å². The average Bonchev–Trinajstić information content (AvgIpc) is 3.01. The Labute approximate surface area is 128 Å². The first kappa shape index (κ1) is 13.0. The van der Waals surface area contributed by atoms with E-state index in [1.807, 2.05) is 18.2 Å². The second-order valence-corrected chi connectivity index (χ2v) is 5.68. The first-order valence-electron chi connectivity index (χ1n) is 7.36. The SMILES string of the molecule is Cc1c(C)c2n(c1C)Cc1nncn1N=C2c1ccccc1. The minimum Gasteiger partial charge on any atom is -0.335 e. The molecule has 0 radical (unpaired) electrons. The van der Waals surface area contributed by atoms with E-state index in [1.54, 1.807) is 11.0 Å². The van der Waals surface area contributed by atoms with Gasteiger partial charge in [0.25, 0.3) is 0 Å². The summed E-state index contributed by atoms with van der Waals surface area (Å²) >= 11 is 0. The fourth-order valence-electron chi connectivity index (χ4n) is 3.05. The third kappa shape index (κ3) is 1.75. The second kappa shape index (κ2) is 4.66. The lowest BCUT2D eigenvalue weighted by atomic mass is 10.0. The molecule has 1 aromatic carbocycles. The monoisotopic (exact) mass is 291 g/mol. The summed E-state index contributed by atoms with van der Waals surface area (Å²) in [6, 6.07) is 10.3. The molecule has 4 rings (SSSR count). The molecule has 2 aromatic heterocycles. The standard InChI is InChI=1S/C17H17N5/c1-11-12(2)17-16(14-7-5-4-6-8-14)20-22-10-18-19-15(22)9-21(17)13(11)3/h4-8,10H,9H2,1-3H3. The van der Waals surface area contributed by atoms with E-state index in [0.717, 1.165) is 17.1 Å². The van der Waals surface area contributed by atoms with E-state index in [9.17, 15) is 0 Å². The van der Waals surface area contributed by atoms with Crippen molar-refractivity contribution in [2.45, 2.75) is 27.3 Å². The number of fused-ring (bicyclic) bond motifs is 2. The van der Waals surface area contributed by atoms with Crippen molar-refractivity contribution in [1.29, 1.82) is 0 Å². The van der Waals surface area contributed by atoms with Gasteiger partial charge in [-0.05, 0) is 31.9 Å². The summed E-state index contributed by atoms with van der Waals surface area (Å²) in [6.07, 6.45) is 1.67. The summed E-state index contributed by atoms with van der Waals surface area (Å²) in [7, 11) is 0. The van der Waals surface area contributed by atoms with Gasteiger partial charge >= 0.3 is 0 Å². The van der Waals surface area contributed by atoms with Gasteiger partial charge in [-0.15, -0.1) is 10.2 Å². The van der Waals surface area contributed by atoms with Gasteiger partial charge in [-0.3, -0.25) is 0 Å². The molecule has 0 N–H and O–H groups in total. The van der Waals surface area contributed by atoms with Crippen molar-refractivity contribution < 1.29 is 0 Å². The highest BCUT2D eigenvalue weighted by Gasteiger charge is 2.24. The van der Waals surface area contributed by atoms with Crippen LogP contribution in [-0.4, -0.2) is 25.2 Å². The molecule has 5 heteroatoms. The van der Waals surface area contributed by atoms with E-state index in [1.165, 1.54) is 22.5 Å². The van der Waals surface area contributed by atoms with Gasteiger partial charge in [0.15, 0.2) is 5.82 Å². The summed E-state index contributed by atoms with van der Waals surface area (Å²) in [4.78, 5) is 0. The maximum atomic E-state index is 4.81. The smallest absolute Gasteiger partial charge is 0.173 e. The Hall–Kier alpha value is -2.69. The van der Waals surface area contributed by atoms with Gasteiger partial charge in [0.1, 0.15) is 12.0 Å². The van der Waals surface area contributed by atoms with Crippen LogP contribution in [0.15, 0.2) is 41.8 Å². The fourth-order valence-corrected chi connectivity index (χ4v) is 3.05. The van der Waals surface area contributed by atoms with Crippen LogP contribution in [0.4, 0.5) is 0 Å². The number of hydrogen-bond donors (Lipinski definition) is 0. The van der Waals surface area contributed by atoms with Crippen molar-refractivity contribution in [3.8, 4) is 0 Å². The Balaban J connectivity index is 2.06. The van der Waals surface area contributed by atoms with Crippen LogP contribution in [-0.2, 0) is 6.54 Å². The summed E-state index contributed by atoms with van der Waals surface area (Å²) < 4.78 is 4.08. The lowest BCUT2D eigenvalue weighted by Crippen LogP contribution is -2.12. The van der Waals surface area contributed by atoms with E-state index < -0.39 is 0 Å². The van der Waals surface area contributed by atoms with Gasteiger partial charge in [-0.25, -0.2) is 4.68 Å². The number of aromatic nitrogens is 4. The van der Waals surface area contributed by atoms with Crippen LogP contribution < -0.4 is 0 Å². The quantitative estimate of drug-likeness (QED) is 0.541. The number of benzene rings is 1. The largest absolute Gasteiger partial charge is 0.335 e. The molecule has 0 fully saturated rings. The molecule has 0 spiro atoms. The first-order valence-corrected chi connectivity index (χ1v) is 7.36. The van der Waals surface area contributed by atoms with Crippen molar-refractivity contribution in [3.63, 3.8) is 0 Å². The number of nitrogens with zero attached hydrogens (tertiary/aromatic N) is 5. The van der Waals surface area contributed by atoms with E-state index in [2.05, 4.69) is 47.7 Å². The van der Waals surface area contributed by atoms with Crippen molar-refractivity contribution in [1.82, 2.24) is 19.4 Å². The van der Waals surface area contributed by atoms with E-state index in [0.29, 0.717) is 6.54 Å². The molecule has 0 unspecified atom stereocenters. The van der Waals surface area contributed by atoms with Gasteiger partial charge in [0.05, 0.1) is 12.2 Å². The Bertz CT molecular complexity index is 883. The van der Waals surface area contributed by atoms with Crippen molar-refractivity contribution in [2.75, 3.05) is 0 Å². The van der Waals surface area contributed by atoms with Crippen LogP contribution in [0.2, 0.25) is 0 Å². The van der Waals surface area contributed by atoms with Crippen molar-refractivity contribution >= 4 is 5.71 Å². The molecule has 1 aliphatic heterocycles. The predicted octanol–water partition coefficient (Wildman–Crippen LogP) is 2.67. The van der Waals surface area contributed by atoms with Crippen molar-refractivity contribution in [3.05, 3.63) is 70.6 Å². The normalized spacial score (nSPS) is 13.3. The molecule has 3 heterocycles. The molecule has 0 aliphatic carbocycles. The zero-order valence-corrected chi connectivity index (χ0v) is 12.9. The van der Waals surface area contributed by atoms with Crippen molar-refractivity contribution in [2.24, 2.45) is 5.10 Å². The van der Waals surface area contributed by atoms with Gasteiger partial charge in [-0.2, -0.15) is 5.10 Å². The predicted molar refractivity (Wildman–Crippen MR) is 85.2 cm³/mol. The molecule has 0 amide bonds. The lowest BCUT2D eigenvalue weighted by molar-refractivity contribution is 0.690. The third-order valence-electron chi connectivity index (χ3n) is 4.51. The third-order valence-corrected chi connectivity index (χ3v) is 4.51. The molecule has 0 saturated carbocycles. The Morgan fingerprint density at radius 3 is 2.55 bits per heavy atom. The van der Waals surface area contributed by atoms with Gasteiger partial charge in [-0.1, -0.05) is 30.3 Å². The Morgan fingerprint density at radius 1 is 1.00 bits per heavy atom. The summed E-state index contributed by atoms with van der Waals surface area (Å²) in [5.74, 6) is 0.852. The Morgan fingerprint density at radius 2 is 1.77 bits per heavy atom. The maximum absolute atomic E-state index is 4.81. The minimum absolute atomic E-state index is 0.690. The topological polar surface area (TPSA) is 48.0 Å². The first-order chi connectivity index (χ1) is 10.7. The highest BCUT2D eigenvalue weighted by Crippen LogP contribution is 2.27. The summed E-state index contributed by atoms with van der Waals surface area (Å²) in [5, 5.41) is 13.0. The molecule has 5 nitrogen and oxygen atoms in total. The average molecular weight is 291 g/mol. The molecule has 0 atom stereocenters. The molecule has 22 heavy (non-hydrogen) atoms. The highest BCUT2D eigenvalue weighted by atomic mass is 15.5. The maximum Gasteiger partial charge on any atom is 0.173 e. The summed E-state index contributed by atoms with van der Waals surface area (Å²) in [6.45, 7) is 7.18. The molecular formula is C17H17N5. The van der Waals surface area contributed by atoms with Crippen LogP contribution in [0.3, 0.4) is 0 Å². The molecule has 3 aromatic rings.